The van der Waals surface area contributed by atoms with Gasteiger partial charge in [-0.05, 0) is 48.0 Å². The monoisotopic (exact) mass is 402 g/mol. The van der Waals surface area contributed by atoms with Crippen LogP contribution in [0.1, 0.15) is 5.56 Å². The van der Waals surface area contributed by atoms with Crippen LogP contribution in [-0.2, 0) is 10.0 Å². The smallest absolute Gasteiger partial charge is 0.261 e. The molecule has 0 aliphatic heterocycles. The predicted molar refractivity (Wildman–Crippen MR) is 104 cm³/mol. The van der Waals surface area contributed by atoms with E-state index in [1.54, 1.807) is 48.5 Å². The number of nitrogens with one attached hydrogen (secondary N) is 1. The molecule has 0 saturated carbocycles. The first-order chi connectivity index (χ1) is 12.4. The Balaban J connectivity index is 1.88. The van der Waals surface area contributed by atoms with Crippen LogP contribution in [0.15, 0.2) is 71.6 Å². The molecule has 7 heteroatoms. The first kappa shape index (κ1) is 18.3. The van der Waals surface area contributed by atoms with Crippen molar-refractivity contribution in [2.24, 2.45) is 0 Å². The molecule has 0 spiro atoms. The molecule has 0 atom stereocenters. The maximum Gasteiger partial charge on any atom is 0.261 e. The SMILES string of the molecule is N#Cc1cccc(NS(=O)(=O)c2ccc(-c3ccc(Cl)cc3Cl)cc2)c1. The van der Waals surface area contributed by atoms with Crippen molar-refractivity contribution in [3.05, 3.63) is 82.3 Å². The summed E-state index contributed by atoms with van der Waals surface area (Å²) in [5, 5.41) is 9.92. The molecular weight excluding hydrogens is 391 g/mol. The predicted octanol–water partition coefficient (Wildman–Crippen LogP) is 5.33. The van der Waals surface area contributed by atoms with E-state index in [0.717, 1.165) is 11.1 Å². The summed E-state index contributed by atoms with van der Waals surface area (Å²) in [5.74, 6) is 0. The van der Waals surface area contributed by atoms with Crippen molar-refractivity contribution in [3.8, 4) is 17.2 Å². The molecule has 26 heavy (non-hydrogen) atoms. The molecule has 1 N–H and O–H groups in total. The lowest BCUT2D eigenvalue weighted by Gasteiger charge is -2.10. The number of rotatable bonds is 4. The number of anilines is 1. The van der Waals surface area contributed by atoms with Crippen molar-refractivity contribution >= 4 is 38.9 Å². The molecule has 0 aliphatic rings. The molecule has 4 nitrogen and oxygen atoms in total. The zero-order valence-electron chi connectivity index (χ0n) is 13.3. The third kappa shape index (κ3) is 4.00. The molecule has 3 aromatic rings. The fourth-order valence-corrected chi connectivity index (χ4v) is 3.97. The molecule has 0 unspecified atom stereocenters. The van der Waals surface area contributed by atoms with E-state index in [4.69, 9.17) is 28.5 Å². The Hall–Kier alpha value is -2.52. The van der Waals surface area contributed by atoms with Crippen molar-refractivity contribution in [1.29, 1.82) is 5.26 Å². The summed E-state index contributed by atoms with van der Waals surface area (Å²) in [6.45, 7) is 0. The van der Waals surface area contributed by atoms with Gasteiger partial charge in [0, 0.05) is 15.6 Å². The molecule has 3 aromatic carbocycles. The average Bonchev–Trinajstić information content (AvgIpc) is 2.62. The zero-order valence-corrected chi connectivity index (χ0v) is 15.6. The second-order valence-electron chi connectivity index (χ2n) is 5.45. The highest BCUT2D eigenvalue weighted by atomic mass is 35.5. The molecule has 0 saturated heterocycles. The summed E-state index contributed by atoms with van der Waals surface area (Å²) in [4.78, 5) is 0.105. The summed E-state index contributed by atoms with van der Waals surface area (Å²) in [7, 11) is -3.77. The van der Waals surface area contributed by atoms with E-state index >= 15 is 0 Å². The number of halogens is 2. The van der Waals surface area contributed by atoms with Crippen LogP contribution in [0.5, 0.6) is 0 Å². The molecule has 0 fully saturated rings. The van der Waals surface area contributed by atoms with Crippen molar-refractivity contribution in [3.63, 3.8) is 0 Å². The lowest BCUT2D eigenvalue weighted by Crippen LogP contribution is -2.12. The number of benzene rings is 3. The van der Waals surface area contributed by atoms with Gasteiger partial charge in [-0.2, -0.15) is 5.26 Å². The van der Waals surface area contributed by atoms with E-state index in [0.29, 0.717) is 21.3 Å². The number of nitriles is 1. The van der Waals surface area contributed by atoms with E-state index in [2.05, 4.69) is 4.72 Å². The number of hydrogen-bond donors (Lipinski definition) is 1. The van der Waals surface area contributed by atoms with Crippen molar-refractivity contribution in [2.75, 3.05) is 4.72 Å². The Morgan fingerprint density at radius 3 is 2.31 bits per heavy atom. The molecule has 130 valence electrons. The van der Waals surface area contributed by atoms with Gasteiger partial charge in [-0.3, -0.25) is 4.72 Å². The van der Waals surface area contributed by atoms with Crippen molar-refractivity contribution in [2.45, 2.75) is 4.90 Å². The molecule has 0 aliphatic carbocycles. The quantitative estimate of drug-likeness (QED) is 0.640. The second kappa shape index (κ2) is 7.38. The van der Waals surface area contributed by atoms with Crippen LogP contribution < -0.4 is 4.72 Å². The fourth-order valence-electron chi connectivity index (χ4n) is 2.40. The molecule has 0 heterocycles. The highest BCUT2D eigenvalue weighted by Gasteiger charge is 2.15. The third-order valence-corrected chi connectivity index (χ3v) is 5.60. The Bertz CT molecular complexity index is 1110. The maximum absolute atomic E-state index is 12.5. The van der Waals surface area contributed by atoms with Gasteiger partial charge in [-0.15, -0.1) is 0 Å². The molecule has 0 bridgehead atoms. The topological polar surface area (TPSA) is 70.0 Å². The Morgan fingerprint density at radius 2 is 1.65 bits per heavy atom. The molecule has 0 radical (unpaired) electrons. The molecular formula is C19H12Cl2N2O2S. The van der Waals surface area contributed by atoms with Crippen LogP contribution in [0.4, 0.5) is 5.69 Å². The lowest BCUT2D eigenvalue weighted by molar-refractivity contribution is 0.601. The zero-order chi connectivity index (χ0) is 18.7. The van der Waals surface area contributed by atoms with E-state index in [9.17, 15) is 8.42 Å². The molecule has 0 amide bonds. The van der Waals surface area contributed by atoms with Crippen LogP contribution >= 0.6 is 23.2 Å². The van der Waals surface area contributed by atoms with E-state index in [1.165, 1.54) is 18.2 Å². The summed E-state index contributed by atoms with van der Waals surface area (Å²) >= 11 is 12.1. The summed E-state index contributed by atoms with van der Waals surface area (Å²) in [5.41, 5.74) is 2.23. The summed E-state index contributed by atoms with van der Waals surface area (Å²) in [6.07, 6.45) is 0. The number of sulfonamides is 1. The van der Waals surface area contributed by atoms with Gasteiger partial charge in [0.25, 0.3) is 10.0 Å². The van der Waals surface area contributed by atoms with Crippen LogP contribution in [0, 0.1) is 11.3 Å². The third-order valence-electron chi connectivity index (χ3n) is 3.65. The summed E-state index contributed by atoms with van der Waals surface area (Å²) < 4.78 is 27.5. The Labute approximate surface area is 161 Å². The minimum absolute atomic E-state index is 0.105. The maximum atomic E-state index is 12.5. The highest BCUT2D eigenvalue weighted by Crippen LogP contribution is 2.31. The van der Waals surface area contributed by atoms with Gasteiger partial charge in [0.05, 0.1) is 22.2 Å². The van der Waals surface area contributed by atoms with Crippen LogP contribution in [0.25, 0.3) is 11.1 Å². The van der Waals surface area contributed by atoms with E-state index in [-0.39, 0.29) is 4.90 Å². The van der Waals surface area contributed by atoms with Gasteiger partial charge in [-0.1, -0.05) is 47.5 Å². The van der Waals surface area contributed by atoms with Crippen LogP contribution in [-0.4, -0.2) is 8.42 Å². The number of hydrogen-bond acceptors (Lipinski definition) is 3. The van der Waals surface area contributed by atoms with Crippen LogP contribution in [0.2, 0.25) is 10.0 Å². The first-order valence-electron chi connectivity index (χ1n) is 7.47. The fraction of sp³-hybridized carbons (Fsp3) is 0. The van der Waals surface area contributed by atoms with Crippen LogP contribution in [0.3, 0.4) is 0 Å². The van der Waals surface area contributed by atoms with Gasteiger partial charge in [0.15, 0.2) is 0 Å². The summed E-state index contributed by atoms with van der Waals surface area (Å²) in [6, 6.07) is 19.7. The Kier molecular flexibility index (Phi) is 5.19. The molecule has 0 aromatic heterocycles. The standard InChI is InChI=1S/C19H12Cl2N2O2S/c20-15-6-9-18(19(21)11-15)14-4-7-17(8-5-14)26(24,25)23-16-3-1-2-13(10-16)12-22/h1-11,23H. The minimum Gasteiger partial charge on any atom is -0.280 e. The van der Waals surface area contributed by atoms with Gasteiger partial charge in [0.1, 0.15) is 0 Å². The average molecular weight is 403 g/mol. The van der Waals surface area contributed by atoms with E-state index < -0.39 is 10.0 Å². The molecule has 3 rings (SSSR count). The van der Waals surface area contributed by atoms with Crippen molar-refractivity contribution < 1.29 is 8.42 Å². The normalized spacial score (nSPS) is 11.0. The lowest BCUT2D eigenvalue weighted by atomic mass is 10.1. The Morgan fingerprint density at radius 1 is 0.923 bits per heavy atom. The number of nitrogens with zero attached hydrogens (tertiary/aromatic N) is 1. The van der Waals surface area contributed by atoms with Crippen molar-refractivity contribution in [1.82, 2.24) is 0 Å². The van der Waals surface area contributed by atoms with Gasteiger partial charge in [-0.25, -0.2) is 8.42 Å². The highest BCUT2D eigenvalue weighted by molar-refractivity contribution is 7.92. The van der Waals surface area contributed by atoms with Gasteiger partial charge >= 0.3 is 0 Å². The second-order valence-corrected chi connectivity index (χ2v) is 7.97. The van der Waals surface area contributed by atoms with Gasteiger partial charge < -0.3 is 0 Å². The minimum atomic E-state index is -3.77. The first-order valence-corrected chi connectivity index (χ1v) is 9.71. The largest absolute Gasteiger partial charge is 0.280 e. The van der Waals surface area contributed by atoms with E-state index in [1.807, 2.05) is 6.07 Å². The van der Waals surface area contributed by atoms with Gasteiger partial charge in [0.2, 0.25) is 0 Å².